The fourth-order valence-electron chi connectivity index (χ4n) is 3.62. The van der Waals surface area contributed by atoms with Gasteiger partial charge in [0, 0.05) is 10.6 Å². The summed E-state index contributed by atoms with van der Waals surface area (Å²) in [5.74, 6) is 0.393. The molecule has 2 aromatic heterocycles. The van der Waals surface area contributed by atoms with Crippen molar-refractivity contribution in [3.63, 3.8) is 0 Å². The maximum atomic E-state index is 13.2. The van der Waals surface area contributed by atoms with Gasteiger partial charge in [-0.2, -0.15) is 13.2 Å². The number of para-hydroxylation sites is 2. The summed E-state index contributed by atoms with van der Waals surface area (Å²) in [7, 11) is 1.44. The number of halogens is 4. The minimum Gasteiger partial charge on any atom is -0.494 e. The zero-order chi connectivity index (χ0) is 28.3. The van der Waals surface area contributed by atoms with Gasteiger partial charge in [-0.1, -0.05) is 23.7 Å². The number of hydrogen-bond acceptors (Lipinski definition) is 8. The Hall–Kier alpha value is -4.37. The van der Waals surface area contributed by atoms with E-state index in [2.05, 4.69) is 15.2 Å². The number of hydrogen-bond donors (Lipinski definition) is 2. The van der Waals surface area contributed by atoms with E-state index in [0.29, 0.717) is 21.0 Å². The number of methoxy groups -OCH3 is 1. The number of aliphatic hydroxyl groups excluding tert-OH is 1. The summed E-state index contributed by atoms with van der Waals surface area (Å²) in [5.41, 5.74) is 4.84. The number of nitrogens with zero attached hydrogens (tertiary/aromatic N) is 6. The molecule has 39 heavy (non-hydrogen) atoms. The number of amides is 1. The number of alkyl halides is 3. The SMILES string of the molecule is COc1ccccc1-n1nc(Cn2nc(-c3ccc(Cl)cc3)n(CC(O)C(F)(F)F)c2=O)nc1COC(N)=O. The molecule has 16 heteroatoms. The zero-order valence-electron chi connectivity index (χ0n) is 20.2. The quantitative estimate of drug-likeness (QED) is 0.313. The lowest BCUT2D eigenvalue weighted by Gasteiger charge is -2.15. The Morgan fingerprint density at radius 3 is 2.49 bits per heavy atom. The normalized spacial score (nSPS) is 12.4. The minimum atomic E-state index is -4.97. The summed E-state index contributed by atoms with van der Waals surface area (Å²) < 4.78 is 52.4. The predicted molar refractivity (Wildman–Crippen MR) is 130 cm³/mol. The van der Waals surface area contributed by atoms with Crippen LogP contribution in [0.5, 0.6) is 5.75 Å². The van der Waals surface area contributed by atoms with Crippen LogP contribution in [0.2, 0.25) is 5.02 Å². The highest BCUT2D eigenvalue weighted by Gasteiger charge is 2.39. The number of ether oxygens (including phenoxy) is 2. The molecule has 0 saturated heterocycles. The molecular formula is C23H21ClF3N7O5. The third-order valence-electron chi connectivity index (χ3n) is 5.42. The predicted octanol–water partition coefficient (Wildman–Crippen LogP) is 2.52. The molecule has 4 rings (SSSR count). The van der Waals surface area contributed by atoms with Gasteiger partial charge in [-0.25, -0.2) is 23.9 Å². The van der Waals surface area contributed by atoms with Gasteiger partial charge in [0.05, 0.1) is 13.7 Å². The van der Waals surface area contributed by atoms with Crippen molar-refractivity contribution in [1.29, 1.82) is 0 Å². The number of benzene rings is 2. The number of carbonyl (C=O) groups excluding carboxylic acids is 1. The lowest BCUT2D eigenvalue weighted by Crippen LogP contribution is -2.37. The highest BCUT2D eigenvalue weighted by molar-refractivity contribution is 6.30. The van der Waals surface area contributed by atoms with Crippen LogP contribution in [0.1, 0.15) is 11.6 Å². The van der Waals surface area contributed by atoms with Crippen LogP contribution in [-0.2, 0) is 24.4 Å². The van der Waals surface area contributed by atoms with Crippen molar-refractivity contribution < 1.29 is 32.5 Å². The summed E-state index contributed by atoms with van der Waals surface area (Å²) in [6, 6.07) is 12.6. The second kappa shape index (κ2) is 11.2. The van der Waals surface area contributed by atoms with E-state index in [1.165, 1.54) is 36.1 Å². The Bertz CT molecular complexity index is 1530. The van der Waals surface area contributed by atoms with Crippen LogP contribution in [0.25, 0.3) is 17.1 Å². The van der Waals surface area contributed by atoms with Gasteiger partial charge in [0.2, 0.25) is 0 Å². The van der Waals surface area contributed by atoms with Gasteiger partial charge in [0.15, 0.2) is 30.2 Å². The fourth-order valence-corrected chi connectivity index (χ4v) is 3.74. The summed E-state index contributed by atoms with van der Waals surface area (Å²) in [4.78, 5) is 28.7. The first-order valence-electron chi connectivity index (χ1n) is 11.2. The summed E-state index contributed by atoms with van der Waals surface area (Å²) >= 11 is 5.91. The Kier molecular flexibility index (Phi) is 7.92. The van der Waals surface area contributed by atoms with Gasteiger partial charge in [-0.3, -0.25) is 4.57 Å². The van der Waals surface area contributed by atoms with E-state index in [9.17, 15) is 27.9 Å². The van der Waals surface area contributed by atoms with Crippen molar-refractivity contribution >= 4 is 17.7 Å². The summed E-state index contributed by atoms with van der Waals surface area (Å²) in [6.45, 7) is -1.85. The van der Waals surface area contributed by atoms with Crippen LogP contribution in [0.3, 0.4) is 0 Å². The van der Waals surface area contributed by atoms with Gasteiger partial charge in [-0.15, -0.1) is 10.2 Å². The molecule has 0 radical (unpaired) electrons. The lowest BCUT2D eigenvalue weighted by atomic mass is 10.2. The van der Waals surface area contributed by atoms with E-state index < -0.39 is 30.6 Å². The monoisotopic (exact) mass is 567 g/mol. The second-order valence-corrected chi connectivity index (χ2v) is 8.51. The summed E-state index contributed by atoms with van der Waals surface area (Å²) in [5, 5.41) is 18.6. The molecule has 0 spiro atoms. The first-order valence-corrected chi connectivity index (χ1v) is 11.5. The maximum absolute atomic E-state index is 13.2. The molecule has 206 valence electrons. The zero-order valence-corrected chi connectivity index (χ0v) is 20.9. The van der Waals surface area contributed by atoms with Crippen LogP contribution in [-0.4, -0.2) is 59.7 Å². The molecule has 1 unspecified atom stereocenters. The van der Waals surface area contributed by atoms with Crippen molar-refractivity contribution in [1.82, 2.24) is 29.1 Å². The third-order valence-corrected chi connectivity index (χ3v) is 5.68. The van der Waals surface area contributed by atoms with Crippen molar-refractivity contribution in [3.8, 4) is 22.8 Å². The van der Waals surface area contributed by atoms with E-state index in [1.54, 1.807) is 24.3 Å². The molecule has 2 heterocycles. The van der Waals surface area contributed by atoms with Crippen molar-refractivity contribution in [3.05, 3.63) is 75.7 Å². The average Bonchev–Trinajstić information content (AvgIpc) is 3.43. The van der Waals surface area contributed by atoms with E-state index in [1.807, 2.05) is 0 Å². The molecule has 0 bridgehead atoms. The maximum Gasteiger partial charge on any atom is 0.416 e. The number of carbonyl (C=O) groups is 1. The Labute approximate surface area is 223 Å². The van der Waals surface area contributed by atoms with Crippen LogP contribution >= 0.6 is 11.6 Å². The first-order chi connectivity index (χ1) is 18.5. The molecule has 3 N–H and O–H groups in total. The molecule has 0 aliphatic carbocycles. The average molecular weight is 568 g/mol. The number of aliphatic hydroxyl groups is 1. The lowest BCUT2D eigenvalue weighted by molar-refractivity contribution is -0.207. The molecular weight excluding hydrogens is 547 g/mol. The van der Waals surface area contributed by atoms with Crippen molar-refractivity contribution in [2.24, 2.45) is 5.73 Å². The second-order valence-electron chi connectivity index (χ2n) is 8.07. The van der Waals surface area contributed by atoms with Crippen LogP contribution in [0, 0.1) is 0 Å². The van der Waals surface area contributed by atoms with E-state index in [0.717, 1.165) is 4.68 Å². The molecule has 12 nitrogen and oxygen atoms in total. The number of primary amides is 1. The van der Waals surface area contributed by atoms with E-state index in [4.69, 9.17) is 26.8 Å². The Balaban J connectivity index is 1.77. The highest BCUT2D eigenvalue weighted by Crippen LogP contribution is 2.25. The summed E-state index contributed by atoms with van der Waals surface area (Å²) in [6.07, 6.45) is -8.85. The first kappa shape index (κ1) is 27.7. The Morgan fingerprint density at radius 2 is 1.85 bits per heavy atom. The molecule has 1 amide bonds. The van der Waals surface area contributed by atoms with Gasteiger partial charge in [-0.05, 0) is 36.4 Å². The highest BCUT2D eigenvalue weighted by atomic mass is 35.5. The van der Waals surface area contributed by atoms with Gasteiger partial charge < -0.3 is 20.3 Å². The molecule has 0 fully saturated rings. The standard InChI is InChI=1S/C23H21ClF3N7O5/c1-38-16-5-3-2-4-15(16)34-19(12-39-21(28)36)29-18(30-34)11-33-22(37)32(10-17(35)23(25,26)27)20(31-33)13-6-8-14(24)9-7-13/h2-9,17,35H,10-12H2,1H3,(H2,28,36). The molecule has 1 atom stereocenters. The van der Waals surface area contributed by atoms with Crippen LogP contribution in [0.4, 0.5) is 18.0 Å². The van der Waals surface area contributed by atoms with Crippen LogP contribution in [0.15, 0.2) is 53.3 Å². The van der Waals surface area contributed by atoms with E-state index >= 15 is 0 Å². The molecule has 4 aromatic rings. The fraction of sp³-hybridized carbons (Fsp3) is 0.261. The molecule has 0 saturated carbocycles. The Morgan fingerprint density at radius 1 is 1.15 bits per heavy atom. The largest absolute Gasteiger partial charge is 0.494 e. The molecule has 0 aliphatic heterocycles. The topological polar surface area (TPSA) is 152 Å². The smallest absolute Gasteiger partial charge is 0.416 e. The third kappa shape index (κ3) is 6.21. The van der Waals surface area contributed by atoms with Crippen molar-refractivity contribution in [2.75, 3.05) is 7.11 Å². The van der Waals surface area contributed by atoms with E-state index in [-0.39, 0.29) is 36.2 Å². The van der Waals surface area contributed by atoms with Gasteiger partial charge in [0.1, 0.15) is 18.0 Å². The molecule has 2 aromatic carbocycles. The molecule has 0 aliphatic rings. The van der Waals surface area contributed by atoms with Crippen LogP contribution < -0.4 is 16.2 Å². The van der Waals surface area contributed by atoms with Crippen molar-refractivity contribution in [2.45, 2.75) is 32.0 Å². The number of rotatable bonds is 9. The number of aromatic nitrogens is 6. The van der Waals surface area contributed by atoms with Gasteiger partial charge >= 0.3 is 18.0 Å². The number of nitrogens with two attached hydrogens (primary N) is 1. The van der Waals surface area contributed by atoms with Gasteiger partial charge in [0.25, 0.3) is 0 Å². The minimum absolute atomic E-state index is 0.00903.